The number of hydrogen-bond acceptors (Lipinski definition) is 5. The molecule has 1 unspecified atom stereocenters. The van der Waals surface area contributed by atoms with Gasteiger partial charge < -0.3 is 14.2 Å². The zero-order chi connectivity index (χ0) is 43.5. The molecule has 0 aromatic rings. The average molecular weight is 837 g/mol. The fourth-order valence-electron chi connectivity index (χ4n) is 6.88. The molecule has 0 N–H and O–H groups in total. The molecule has 0 aliphatic carbocycles. The van der Waals surface area contributed by atoms with Crippen molar-refractivity contribution in [3.05, 3.63) is 72.9 Å². The lowest BCUT2D eigenvalue weighted by Crippen LogP contribution is -2.30. The molecule has 0 rings (SSSR count). The van der Waals surface area contributed by atoms with Gasteiger partial charge in [0.1, 0.15) is 6.61 Å². The van der Waals surface area contributed by atoms with E-state index in [0.717, 1.165) is 89.9 Å². The van der Waals surface area contributed by atoms with Crippen molar-refractivity contribution in [2.45, 2.75) is 245 Å². The molecule has 0 saturated heterocycles. The molecule has 0 aromatic carbocycles. The highest BCUT2D eigenvalue weighted by Crippen LogP contribution is 2.13. The maximum atomic E-state index is 12.7. The minimum absolute atomic E-state index is 0.0713. The number of carbonyl (C=O) groups excluding carboxylic acids is 2. The van der Waals surface area contributed by atoms with Gasteiger partial charge in [-0.05, 0) is 96.3 Å². The lowest BCUT2D eigenvalue weighted by Gasteiger charge is -2.18. The van der Waals surface area contributed by atoms with Crippen LogP contribution in [0.15, 0.2) is 72.9 Å². The van der Waals surface area contributed by atoms with Crippen molar-refractivity contribution >= 4 is 11.9 Å². The van der Waals surface area contributed by atoms with Crippen molar-refractivity contribution in [1.82, 2.24) is 0 Å². The first-order chi connectivity index (χ1) is 29.6. The molecule has 0 radical (unpaired) electrons. The number of rotatable bonds is 46. The van der Waals surface area contributed by atoms with Crippen LogP contribution in [0.4, 0.5) is 0 Å². The van der Waals surface area contributed by atoms with Gasteiger partial charge in [-0.15, -0.1) is 0 Å². The zero-order valence-corrected chi connectivity index (χ0v) is 39.7. The Kier molecular flexibility index (Phi) is 48.4. The Hall–Kier alpha value is -2.66. The van der Waals surface area contributed by atoms with Gasteiger partial charge in [0.15, 0.2) is 6.10 Å². The first-order valence-corrected chi connectivity index (χ1v) is 25.5. The molecule has 0 aliphatic rings. The predicted molar refractivity (Wildman–Crippen MR) is 260 cm³/mol. The van der Waals surface area contributed by atoms with Gasteiger partial charge in [-0.2, -0.15) is 0 Å². The number of ether oxygens (including phenoxy) is 3. The summed E-state index contributed by atoms with van der Waals surface area (Å²) in [5.74, 6) is -0.428. The molecule has 0 amide bonds. The maximum Gasteiger partial charge on any atom is 0.306 e. The van der Waals surface area contributed by atoms with Gasteiger partial charge in [-0.1, -0.05) is 203 Å². The van der Waals surface area contributed by atoms with Crippen molar-refractivity contribution in [1.29, 1.82) is 0 Å². The molecule has 0 fully saturated rings. The monoisotopic (exact) mass is 837 g/mol. The second-order valence-electron chi connectivity index (χ2n) is 16.7. The molecule has 1 atom stereocenters. The summed E-state index contributed by atoms with van der Waals surface area (Å²) in [6.07, 6.45) is 64.8. The molecule has 0 spiro atoms. The quantitative estimate of drug-likeness (QED) is 0.0347. The van der Waals surface area contributed by atoms with Gasteiger partial charge >= 0.3 is 11.9 Å². The van der Waals surface area contributed by atoms with Gasteiger partial charge in [0.05, 0.1) is 6.61 Å². The number of esters is 2. The van der Waals surface area contributed by atoms with Crippen LogP contribution >= 0.6 is 0 Å². The van der Waals surface area contributed by atoms with Crippen LogP contribution in [0.2, 0.25) is 0 Å². The molecular weight excluding hydrogens is 741 g/mol. The second kappa shape index (κ2) is 50.7. The van der Waals surface area contributed by atoms with Crippen LogP contribution in [0.3, 0.4) is 0 Å². The minimum atomic E-state index is -0.547. The van der Waals surface area contributed by atoms with E-state index in [-0.39, 0.29) is 25.2 Å². The Labute approximate surface area is 372 Å². The summed E-state index contributed by atoms with van der Waals surface area (Å²) in [6, 6.07) is 0. The van der Waals surface area contributed by atoms with Crippen molar-refractivity contribution < 1.29 is 23.8 Å². The molecule has 0 aliphatic heterocycles. The van der Waals surface area contributed by atoms with Crippen LogP contribution < -0.4 is 0 Å². The molecule has 5 nitrogen and oxygen atoms in total. The number of unbranched alkanes of at least 4 members (excludes halogenated alkanes) is 23. The van der Waals surface area contributed by atoms with Gasteiger partial charge in [-0.3, -0.25) is 9.59 Å². The lowest BCUT2D eigenvalue weighted by molar-refractivity contribution is -0.163. The van der Waals surface area contributed by atoms with E-state index in [2.05, 4.69) is 93.7 Å². The summed E-state index contributed by atoms with van der Waals surface area (Å²) in [7, 11) is 0. The van der Waals surface area contributed by atoms with E-state index in [1.54, 1.807) is 0 Å². The standard InChI is InChI=1S/C55H96O5/c1-4-7-10-13-16-18-20-22-24-26-28-30-32-34-36-38-40-42-45-48-54(56)59-52-53(51-58-50-47-44-15-12-9-6-3)60-55(57)49-46-43-41-39-37-35-33-31-29-27-25-23-21-19-17-14-11-8-5-2/h16-19,22-25,28-31,53H,4-15,20-21,26-27,32-52H2,1-3H3/b18-16-,19-17-,24-22-,25-23-,30-28-,31-29-. The topological polar surface area (TPSA) is 61.8 Å². The maximum absolute atomic E-state index is 12.7. The Bertz CT molecular complexity index is 1080. The third kappa shape index (κ3) is 48.0. The van der Waals surface area contributed by atoms with E-state index in [1.807, 2.05) is 0 Å². The normalized spacial score (nSPS) is 12.8. The van der Waals surface area contributed by atoms with E-state index < -0.39 is 6.10 Å². The molecule has 5 heteroatoms. The van der Waals surface area contributed by atoms with Crippen molar-refractivity contribution in [3.63, 3.8) is 0 Å². The van der Waals surface area contributed by atoms with E-state index in [4.69, 9.17) is 14.2 Å². The molecular formula is C55H96O5. The van der Waals surface area contributed by atoms with Crippen molar-refractivity contribution in [2.75, 3.05) is 19.8 Å². The average Bonchev–Trinajstić information content (AvgIpc) is 3.25. The van der Waals surface area contributed by atoms with Crippen LogP contribution in [0.25, 0.3) is 0 Å². The van der Waals surface area contributed by atoms with E-state index in [9.17, 15) is 9.59 Å². The van der Waals surface area contributed by atoms with Gasteiger partial charge in [0, 0.05) is 19.4 Å². The fraction of sp³-hybridized carbons (Fsp3) is 0.745. The summed E-state index contributed by atoms with van der Waals surface area (Å²) < 4.78 is 17.3. The van der Waals surface area contributed by atoms with Gasteiger partial charge in [0.25, 0.3) is 0 Å². The highest BCUT2D eigenvalue weighted by molar-refractivity contribution is 5.70. The Balaban J connectivity index is 4.14. The number of carbonyl (C=O) groups is 2. The Morgan fingerprint density at radius 3 is 1.15 bits per heavy atom. The molecule has 0 heterocycles. The fourth-order valence-corrected chi connectivity index (χ4v) is 6.88. The second-order valence-corrected chi connectivity index (χ2v) is 16.7. The highest BCUT2D eigenvalue weighted by atomic mass is 16.6. The third-order valence-electron chi connectivity index (χ3n) is 10.7. The summed E-state index contributed by atoms with van der Waals surface area (Å²) in [5.41, 5.74) is 0. The third-order valence-corrected chi connectivity index (χ3v) is 10.7. The summed E-state index contributed by atoms with van der Waals surface area (Å²) in [6.45, 7) is 7.71. The zero-order valence-electron chi connectivity index (χ0n) is 39.7. The largest absolute Gasteiger partial charge is 0.462 e. The summed E-state index contributed by atoms with van der Waals surface area (Å²) in [5, 5.41) is 0. The number of allylic oxidation sites excluding steroid dienone is 12. The van der Waals surface area contributed by atoms with E-state index in [0.29, 0.717) is 19.4 Å². The first-order valence-electron chi connectivity index (χ1n) is 25.5. The van der Waals surface area contributed by atoms with E-state index in [1.165, 1.54) is 116 Å². The Morgan fingerprint density at radius 2 is 0.700 bits per heavy atom. The van der Waals surface area contributed by atoms with Crippen LogP contribution in [-0.2, 0) is 23.8 Å². The summed E-state index contributed by atoms with van der Waals surface area (Å²) in [4.78, 5) is 25.3. The smallest absolute Gasteiger partial charge is 0.306 e. The number of hydrogen-bond donors (Lipinski definition) is 0. The Morgan fingerprint density at radius 1 is 0.367 bits per heavy atom. The SMILES string of the molecule is CCCCC/C=C\C/C=C\C/C=C\CCCCCCCCC(=O)OCC(COCCCCCCCC)OC(=O)CCCCCCCC/C=C\C/C=C\C/C=C\CCCCC. The molecule has 0 bridgehead atoms. The molecule has 0 aromatic heterocycles. The van der Waals surface area contributed by atoms with E-state index >= 15 is 0 Å². The molecule has 346 valence electrons. The van der Waals surface area contributed by atoms with Crippen LogP contribution in [0, 0.1) is 0 Å². The predicted octanol–water partition coefficient (Wildman–Crippen LogP) is 17.1. The van der Waals surface area contributed by atoms with Crippen molar-refractivity contribution in [3.8, 4) is 0 Å². The molecule has 0 saturated carbocycles. The minimum Gasteiger partial charge on any atom is -0.462 e. The lowest BCUT2D eigenvalue weighted by atomic mass is 10.1. The first kappa shape index (κ1) is 57.3. The molecule has 60 heavy (non-hydrogen) atoms. The van der Waals surface area contributed by atoms with Gasteiger partial charge in [0.2, 0.25) is 0 Å². The van der Waals surface area contributed by atoms with Crippen LogP contribution in [-0.4, -0.2) is 37.9 Å². The van der Waals surface area contributed by atoms with Gasteiger partial charge in [-0.25, -0.2) is 0 Å². The van der Waals surface area contributed by atoms with Crippen LogP contribution in [0.5, 0.6) is 0 Å². The van der Waals surface area contributed by atoms with Crippen molar-refractivity contribution in [2.24, 2.45) is 0 Å². The van der Waals surface area contributed by atoms with Crippen LogP contribution in [0.1, 0.15) is 239 Å². The highest BCUT2D eigenvalue weighted by Gasteiger charge is 2.17. The summed E-state index contributed by atoms with van der Waals surface area (Å²) >= 11 is 0.